The standard InChI is InChI=1S/C24H27N3O3/c1-15-18(17-8-6-7-9-19(17)27(15)5)13-25-26-23(28)22-14-29-20-11-10-16(24(2,3)4)12-21(20)30-22/h6-13,22H,14H2,1-5H3,(H,26,28)/b25-13+/t22-/m1/s1. The van der Waals surface area contributed by atoms with E-state index in [4.69, 9.17) is 9.47 Å². The molecular formula is C24H27N3O3. The number of hydrogen-bond acceptors (Lipinski definition) is 4. The van der Waals surface area contributed by atoms with Crippen LogP contribution in [0.1, 0.15) is 37.6 Å². The van der Waals surface area contributed by atoms with Crippen molar-refractivity contribution >= 4 is 23.0 Å². The summed E-state index contributed by atoms with van der Waals surface area (Å²) in [6.45, 7) is 8.58. The fourth-order valence-corrected chi connectivity index (χ4v) is 3.61. The maximum Gasteiger partial charge on any atom is 0.284 e. The molecule has 0 fully saturated rings. The Labute approximate surface area is 176 Å². The number of fused-ring (bicyclic) bond motifs is 2. The van der Waals surface area contributed by atoms with Gasteiger partial charge in [0.15, 0.2) is 11.5 Å². The Morgan fingerprint density at radius 2 is 1.97 bits per heavy atom. The molecule has 0 spiro atoms. The zero-order valence-corrected chi connectivity index (χ0v) is 18.0. The van der Waals surface area contributed by atoms with Crippen LogP contribution in [0.15, 0.2) is 47.6 Å². The maximum atomic E-state index is 12.6. The average molecular weight is 405 g/mol. The molecule has 0 bridgehead atoms. The Bertz CT molecular complexity index is 1140. The summed E-state index contributed by atoms with van der Waals surface area (Å²) in [7, 11) is 2.02. The highest BCUT2D eigenvalue weighted by molar-refractivity contribution is 6.01. The first-order valence-electron chi connectivity index (χ1n) is 10.1. The molecule has 6 heteroatoms. The molecule has 0 saturated carbocycles. The molecular weight excluding hydrogens is 378 g/mol. The highest BCUT2D eigenvalue weighted by Gasteiger charge is 2.28. The van der Waals surface area contributed by atoms with Crippen LogP contribution in [0.25, 0.3) is 10.9 Å². The second kappa shape index (κ2) is 7.52. The van der Waals surface area contributed by atoms with Crippen molar-refractivity contribution < 1.29 is 14.3 Å². The molecule has 1 atom stereocenters. The maximum absolute atomic E-state index is 12.6. The zero-order valence-electron chi connectivity index (χ0n) is 18.0. The van der Waals surface area contributed by atoms with Crippen LogP contribution in [0.4, 0.5) is 0 Å². The van der Waals surface area contributed by atoms with E-state index in [-0.39, 0.29) is 17.9 Å². The van der Waals surface area contributed by atoms with Crippen molar-refractivity contribution in [1.29, 1.82) is 0 Å². The number of carbonyl (C=O) groups is 1. The zero-order chi connectivity index (χ0) is 21.5. The Kier molecular flexibility index (Phi) is 5.02. The van der Waals surface area contributed by atoms with Gasteiger partial charge in [0.05, 0.1) is 6.21 Å². The minimum atomic E-state index is -0.751. The fraction of sp³-hybridized carbons (Fsp3) is 0.333. The summed E-state index contributed by atoms with van der Waals surface area (Å²) in [4.78, 5) is 12.6. The third-order valence-corrected chi connectivity index (χ3v) is 5.58. The minimum absolute atomic E-state index is 0.0196. The van der Waals surface area contributed by atoms with Gasteiger partial charge < -0.3 is 14.0 Å². The summed E-state index contributed by atoms with van der Waals surface area (Å²) in [6, 6.07) is 14.0. The van der Waals surface area contributed by atoms with Gasteiger partial charge in [-0.1, -0.05) is 45.0 Å². The molecule has 30 heavy (non-hydrogen) atoms. The number of nitrogens with zero attached hydrogens (tertiary/aromatic N) is 2. The lowest BCUT2D eigenvalue weighted by molar-refractivity contribution is -0.130. The van der Waals surface area contributed by atoms with E-state index in [1.54, 1.807) is 6.21 Å². The van der Waals surface area contributed by atoms with E-state index >= 15 is 0 Å². The molecule has 3 aromatic rings. The first kappa shape index (κ1) is 20.0. The van der Waals surface area contributed by atoms with Gasteiger partial charge in [0.25, 0.3) is 5.91 Å². The molecule has 1 aromatic heterocycles. The Morgan fingerprint density at radius 3 is 2.73 bits per heavy atom. The third-order valence-electron chi connectivity index (χ3n) is 5.58. The van der Waals surface area contributed by atoms with Gasteiger partial charge in [-0.25, -0.2) is 5.43 Å². The number of aryl methyl sites for hydroxylation is 1. The average Bonchev–Trinajstić information content (AvgIpc) is 2.97. The smallest absolute Gasteiger partial charge is 0.284 e. The molecule has 1 aliphatic rings. The number of ether oxygens (including phenoxy) is 2. The number of aromatic nitrogens is 1. The number of para-hydroxylation sites is 1. The SMILES string of the molecule is Cc1c(/C=N/NC(=O)[C@H]2COc3ccc(C(C)(C)C)cc3O2)c2ccccc2n1C. The number of benzene rings is 2. The van der Waals surface area contributed by atoms with Gasteiger partial charge in [0.2, 0.25) is 6.10 Å². The molecule has 6 nitrogen and oxygen atoms in total. The Hall–Kier alpha value is -3.28. The number of hydrazone groups is 1. The van der Waals surface area contributed by atoms with Crippen LogP contribution in [-0.2, 0) is 17.3 Å². The third kappa shape index (κ3) is 3.65. The fourth-order valence-electron chi connectivity index (χ4n) is 3.61. The predicted octanol–water partition coefficient (Wildman–Crippen LogP) is 4.07. The van der Waals surface area contributed by atoms with Crippen LogP contribution < -0.4 is 14.9 Å². The summed E-state index contributed by atoms with van der Waals surface area (Å²) in [6.07, 6.45) is 0.934. The Balaban J connectivity index is 1.48. The second-order valence-electron chi connectivity index (χ2n) is 8.64. The van der Waals surface area contributed by atoms with Gasteiger partial charge in [-0.2, -0.15) is 5.10 Å². The summed E-state index contributed by atoms with van der Waals surface area (Å²) >= 11 is 0. The molecule has 0 radical (unpaired) electrons. The van der Waals surface area contributed by atoms with Crippen molar-refractivity contribution in [2.45, 2.75) is 39.2 Å². The quantitative estimate of drug-likeness (QED) is 0.528. The van der Waals surface area contributed by atoms with Crippen molar-refractivity contribution in [1.82, 2.24) is 9.99 Å². The number of carbonyl (C=O) groups excluding carboxylic acids is 1. The summed E-state index contributed by atoms with van der Waals surface area (Å²) in [5, 5.41) is 5.27. The van der Waals surface area contributed by atoms with Crippen molar-refractivity contribution in [3.8, 4) is 11.5 Å². The van der Waals surface area contributed by atoms with E-state index in [9.17, 15) is 4.79 Å². The minimum Gasteiger partial charge on any atom is -0.485 e. The van der Waals surface area contributed by atoms with Crippen LogP contribution >= 0.6 is 0 Å². The molecule has 1 N–H and O–H groups in total. The van der Waals surface area contributed by atoms with E-state index in [1.165, 1.54) is 0 Å². The number of nitrogens with one attached hydrogen (secondary N) is 1. The highest BCUT2D eigenvalue weighted by atomic mass is 16.6. The lowest BCUT2D eigenvalue weighted by Gasteiger charge is -2.27. The molecule has 0 saturated heterocycles. The highest BCUT2D eigenvalue weighted by Crippen LogP contribution is 2.36. The Morgan fingerprint density at radius 1 is 1.20 bits per heavy atom. The normalized spacial score (nSPS) is 16.2. The molecule has 2 aromatic carbocycles. The molecule has 1 amide bonds. The largest absolute Gasteiger partial charge is 0.485 e. The van der Waals surface area contributed by atoms with Gasteiger partial charge >= 0.3 is 0 Å². The van der Waals surface area contributed by atoms with Crippen LogP contribution in [0.3, 0.4) is 0 Å². The van der Waals surface area contributed by atoms with E-state index in [1.807, 2.05) is 50.4 Å². The van der Waals surface area contributed by atoms with E-state index in [0.29, 0.717) is 11.5 Å². The van der Waals surface area contributed by atoms with Crippen LogP contribution in [0.2, 0.25) is 0 Å². The van der Waals surface area contributed by atoms with Gasteiger partial charge in [-0.05, 0) is 36.1 Å². The number of amides is 1. The van der Waals surface area contributed by atoms with E-state index in [0.717, 1.165) is 27.7 Å². The first-order chi connectivity index (χ1) is 14.3. The van der Waals surface area contributed by atoms with Crippen LogP contribution in [0, 0.1) is 6.92 Å². The molecule has 4 rings (SSSR count). The topological polar surface area (TPSA) is 64.8 Å². The van der Waals surface area contributed by atoms with Gasteiger partial charge in [0, 0.05) is 29.2 Å². The molecule has 0 unspecified atom stereocenters. The number of hydrogen-bond donors (Lipinski definition) is 1. The van der Waals surface area contributed by atoms with Gasteiger partial charge in [-0.3, -0.25) is 4.79 Å². The first-order valence-corrected chi connectivity index (χ1v) is 10.1. The van der Waals surface area contributed by atoms with Gasteiger partial charge in [0.1, 0.15) is 6.61 Å². The monoisotopic (exact) mass is 405 g/mol. The van der Waals surface area contributed by atoms with Gasteiger partial charge in [-0.15, -0.1) is 0 Å². The van der Waals surface area contributed by atoms with Crippen molar-refractivity contribution in [3.05, 3.63) is 59.3 Å². The second-order valence-corrected chi connectivity index (χ2v) is 8.64. The lowest BCUT2D eigenvalue weighted by atomic mass is 9.87. The van der Waals surface area contributed by atoms with Crippen molar-refractivity contribution in [3.63, 3.8) is 0 Å². The van der Waals surface area contributed by atoms with Crippen molar-refractivity contribution in [2.24, 2.45) is 12.1 Å². The lowest BCUT2D eigenvalue weighted by Crippen LogP contribution is -2.42. The summed E-state index contributed by atoms with van der Waals surface area (Å²) in [5.41, 5.74) is 6.88. The molecule has 1 aliphatic heterocycles. The summed E-state index contributed by atoms with van der Waals surface area (Å²) in [5.74, 6) is 0.903. The van der Waals surface area contributed by atoms with E-state index < -0.39 is 6.10 Å². The van der Waals surface area contributed by atoms with Crippen molar-refractivity contribution in [2.75, 3.05) is 6.61 Å². The van der Waals surface area contributed by atoms with Crippen LogP contribution in [-0.4, -0.2) is 29.4 Å². The summed E-state index contributed by atoms with van der Waals surface area (Å²) < 4.78 is 13.8. The molecule has 156 valence electrons. The molecule has 2 heterocycles. The number of rotatable bonds is 3. The van der Waals surface area contributed by atoms with E-state index in [2.05, 4.69) is 41.9 Å². The predicted molar refractivity (Wildman–Crippen MR) is 118 cm³/mol. The molecule has 0 aliphatic carbocycles. The van der Waals surface area contributed by atoms with Crippen LogP contribution in [0.5, 0.6) is 11.5 Å².